The molecule has 92 valence electrons. The van der Waals surface area contributed by atoms with Crippen LogP contribution < -0.4 is 10.8 Å². The van der Waals surface area contributed by atoms with Crippen LogP contribution in [0.5, 0.6) is 0 Å². The first-order chi connectivity index (χ1) is 8.04. The fourth-order valence-corrected chi connectivity index (χ4v) is 1.79. The molecular formula is C12H18BNO3. The molecule has 1 atom stereocenters. The van der Waals surface area contributed by atoms with Gasteiger partial charge in [-0.05, 0) is 17.4 Å². The third kappa shape index (κ3) is 4.21. The number of nitrogens with one attached hydrogen (secondary N) is 1. The Morgan fingerprint density at radius 2 is 2.18 bits per heavy atom. The van der Waals surface area contributed by atoms with E-state index in [1.165, 1.54) is 6.92 Å². The van der Waals surface area contributed by atoms with Crippen molar-refractivity contribution in [2.24, 2.45) is 0 Å². The molecule has 0 aliphatic rings. The lowest BCUT2D eigenvalue weighted by atomic mass is 9.79. The first-order valence-corrected chi connectivity index (χ1v) is 5.77. The number of carbonyl (C=O) groups excluding carboxylic acids is 1. The maximum absolute atomic E-state index is 11.1. The fraction of sp³-hybridized carbons (Fsp3) is 0.417. The van der Waals surface area contributed by atoms with Gasteiger partial charge in [0.05, 0.1) is 6.04 Å². The van der Waals surface area contributed by atoms with Crippen LogP contribution in [0.25, 0.3) is 0 Å². The van der Waals surface area contributed by atoms with Crippen molar-refractivity contribution in [3.8, 4) is 0 Å². The van der Waals surface area contributed by atoms with Crippen molar-refractivity contribution in [1.82, 2.24) is 5.32 Å². The molecule has 5 heteroatoms. The molecule has 0 spiro atoms. The number of amides is 1. The molecule has 0 saturated heterocycles. The van der Waals surface area contributed by atoms with Crippen LogP contribution in [0.3, 0.4) is 0 Å². The smallest absolute Gasteiger partial charge is 0.423 e. The minimum atomic E-state index is -1.48. The highest BCUT2D eigenvalue weighted by molar-refractivity contribution is 6.58. The van der Waals surface area contributed by atoms with Crippen LogP contribution >= 0.6 is 0 Å². The predicted molar refractivity (Wildman–Crippen MR) is 67.7 cm³/mol. The Labute approximate surface area is 102 Å². The molecule has 0 aliphatic heterocycles. The van der Waals surface area contributed by atoms with E-state index >= 15 is 0 Å². The normalized spacial score (nSPS) is 12.0. The summed E-state index contributed by atoms with van der Waals surface area (Å²) in [5.41, 5.74) is 1.33. The first kappa shape index (κ1) is 13.7. The SMILES string of the molecule is CCCC(NC(C)=O)c1cccc(B(O)O)c1. The average Bonchev–Trinajstić information content (AvgIpc) is 2.28. The second-order valence-electron chi connectivity index (χ2n) is 4.09. The van der Waals surface area contributed by atoms with Gasteiger partial charge >= 0.3 is 7.12 Å². The van der Waals surface area contributed by atoms with E-state index in [9.17, 15) is 4.79 Å². The monoisotopic (exact) mass is 235 g/mol. The molecule has 0 bridgehead atoms. The molecule has 0 radical (unpaired) electrons. The van der Waals surface area contributed by atoms with Crippen molar-refractivity contribution in [2.45, 2.75) is 32.7 Å². The zero-order chi connectivity index (χ0) is 12.8. The van der Waals surface area contributed by atoms with Crippen molar-refractivity contribution in [3.63, 3.8) is 0 Å². The van der Waals surface area contributed by atoms with Gasteiger partial charge in [-0.3, -0.25) is 4.79 Å². The zero-order valence-electron chi connectivity index (χ0n) is 10.2. The van der Waals surface area contributed by atoms with Gasteiger partial charge in [0.2, 0.25) is 5.91 Å². The largest absolute Gasteiger partial charge is 0.488 e. The second-order valence-corrected chi connectivity index (χ2v) is 4.09. The van der Waals surface area contributed by atoms with Gasteiger partial charge in [0.25, 0.3) is 0 Å². The maximum atomic E-state index is 11.1. The van der Waals surface area contributed by atoms with Gasteiger partial charge in [-0.25, -0.2) is 0 Å². The number of hydrogen-bond acceptors (Lipinski definition) is 3. The topological polar surface area (TPSA) is 69.6 Å². The highest BCUT2D eigenvalue weighted by Crippen LogP contribution is 2.17. The van der Waals surface area contributed by atoms with Crippen LogP contribution in [0, 0.1) is 0 Å². The summed E-state index contributed by atoms with van der Waals surface area (Å²) in [5.74, 6) is -0.0848. The molecule has 3 N–H and O–H groups in total. The van der Waals surface area contributed by atoms with E-state index in [1.54, 1.807) is 18.2 Å². The summed E-state index contributed by atoms with van der Waals surface area (Å²) in [5, 5.41) is 21.1. The van der Waals surface area contributed by atoms with Gasteiger partial charge in [0, 0.05) is 6.92 Å². The Morgan fingerprint density at radius 3 is 2.71 bits per heavy atom. The molecule has 17 heavy (non-hydrogen) atoms. The molecule has 1 amide bonds. The quantitative estimate of drug-likeness (QED) is 0.644. The van der Waals surface area contributed by atoms with Crippen LogP contribution in [-0.2, 0) is 4.79 Å². The van der Waals surface area contributed by atoms with E-state index in [-0.39, 0.29) is 11.9 Å². The second kappa shape index (κ2) is 6.42. The summed E-state index contributed by atoms with van der Waals surface area (Å²) >= 11 is 0. The lowest BCUT2D eigenvalue weighted by Crippen LogP contribution is -2.32. The van der Waals surface area contributed by atoms with Gasteiger partial charge in [0.1, 0.15) is 0 Å². The molecule has 0 saturated carbocycles. The number of rotatable bonds is 5. The molecule has 1 aromatic rings. The van der Waals surface area contributed by atoms with E-state index < -0.39 is 7.12 Å². The Balaban J connectivity index is 2.92. The maximum Gasteiger partial charge on any atom is 0.488 e. The highest BCUT2D eigenvalue weighted by atomic mass is 16.4. The van der Waals surface area contributed by atoms with Gasteiger partial charge in [-0.2, -0.15) is 0 Å². The van der Waals surface area contributed by atoms with Crippen molar-refractivity contribution in [1.29, 1.82) is 0 Å². The van der Waals surface area contributed by atoms with E-state index in [0.29, 0.717) is 5.46 Å². The number of benzene rings is 1. The van der Waals surface area contributed by atoms with E-state index in [0.717, 1.165) is 18.4 Å². The Morgan fingerprint density at radius 1 is 1.47 bits per heavy atom. The van der Waals surface area contributed by atoms with E-state index in [4.69, 9.17) is 10.0 Å². The van der Waals surface area contributed by atoms with Crippen molar-refractivity contribution in [3.05, 3.63) is 29.8 Å². The minimum absolute atomic E-state index is 0.0730. The van der Waals surface area contributed by atoms with Gasteiger partial charge in [-0.1, -0.05) is 37.6 Å². The lowest BCUT2D eigenvalue weighted by Gasteiger charge is -2.18. The molecule has 0 fully saturated rings. The highest BCUT2D eigenvalue weighted by Gasteiger charge is 2.15. The summed E-state index contributed by atoms with van der Waals surface area (Å²) in [4.78, 5) is 11.1. The molecule has 4 nitrogen and oxygen atoms in total. The van der Waals surface area contributed by atoms with Crippen LogP contribution in [0.15, 0.2) is 24.3 Å². The molecule has 1 rings (SSSR count). The third-order valence-electron chi connectivity index (χ3n) is 2.57. The summed E-state index contributed by atoms with van der Waals surface area (Å²) < 4.78 is 0. The first-order valence-electron chi connectivity index (χ1n) is 5.77. The van der Waals surface area contributed by atoms with Crippen LogP contribution in [0.1, 0.15) is 38.3 Å². The third-order valence-corrected chi connectivity index (χ3v) is 2.57. The molecule has 0 aromatic heterocycles. The predicted octanol–water partition coefficient (Wildman–Crippen LogP) is 0.344. The summed E-state index contributed by atoms with van der Waals surface area (Å²) in [7, 11) is -1.48. The van der Waals surface area contributed by atoms with Crippen LogP contribution in [0.2, 0.25) is 0 Å². The molecule has 0 heterocycles. The number of carbonyl (C=O) groups is 1. The molecule has 1 aromatic carbocycles. The van der Waals surface area contributed by atoms with Crippen molar-refractivity contribution >= 4 is 18.5 Å². The van der Waals surface area contributed by atoms with Crippen molar-refractivity contribution in [2.75, 3.05) is 0 Å². The van der Waals surface area contributed by atoms with Crippen LogP contribution in [0.4, 0.5) is 0 Å². The van der Waals surface area contributed by atoms with Gasteiger partial charge in [-0.15, -0.1) is 0 Å². The number of hydrogen-bond donors (Lipinski definition) is 3. The summed E-state index contributed by atoms with van der Waals surface area (Å²) in [6.07, 6.45) is 1.77. The molecular weight excluding hydrogens is 217 g/mol. The molecule has 1 unspecified atom stereocenters. The van der Waals surface area contributed by atoms with E-state index in [2.05, 4.69) is 5.32 Å². The standard InChI is InChI=1S/C12H18BNO3/c1-3-5-12(14-9(2)15)10-6-4-7-11(8-10)13(16)17/h4,6-8,12,16-17H,3,5H2,1-2H3,(H,14,15). The van der Waals surface area contributed by atoms with Gasteiger partial charge < -0.3 is 15.4 Å². The van der Waals surface area contributed by atoms with E-state index in [1.807, 2.05) is 13.0 Å². The van der Waals surface area contributed by atoms with Crippen molar-refractivity contribution < 1.29 is 14.8 Å². The average molecular weight is 235 g/mol. The zero-order valence-corrected chi connectivity index (χ0v) is 10.2. The van der Waals surface area contributed by atoms with Gasteiger partial charge in [0.15, 0.2) is 0 Å². The molecule has 0 aliphatic carbocycles. The Hall–Kier alpha value is -1.33. The lowest BCUT2D eigenvalue weighted by molar-refractivity contribution is -0.119. The Kier molecular flexibility index (Phi) is 5.19. The van der Waals surface area contributed by atoms with Crippen LogP contribution in [-0.4, -0.2) is 23.1 Å². The summed E-state index contributed by atoms with van der Waals surface area (Å²) in [6, 6.07) is 6.92. The fourth-order valence-electron chi connectivity index (χ4n) is 1.79. The summed E-state index contributed by atoms with van der Waals surface area (Å²) in [6.45, 7) is 3.52. The minimum Gasteiger partial charge on any atom is -0.423 e. The Bertz CT molecular complexity index is 382.